The van der Waals surface area contributed by atoms with Crippen molar-refractivity contribution in [3.05, 3.63) is 24.3 Å². The topological polar surface area (TPSA) is 75.7 Å². The van der Waals surface area contributed by atoms with Crippen molar-refractivity contribution < 1.29 is 17.9 Å². The van der Waals surface area contributed by atoms with Crippen molar-refractivity contribution in [2.45, 2.75) is 55.5 Å². The van der Waals surface area contributed by atoms with Crippen LogP contribution in [0.1, 0.15) is 38.5 Å². The van der Waals surface area contributed by atoms with Crippen LogP contribution in [0.25, 0.3) is 0 Å². The fourth-order valence-corrected chi connectivity index (χ4v) is 4.77. The van der Waals surface area contributed by atoms with E-state index >= 15 is 0 Å². The van der Waals surface area contributed by atoms with Gasteiger partial charge in [-0.2, -0.15) is 0 Å². The molecule has 1 aromatic carbocycles. The number of halogens is 1. The number of carbonyl (C=O) groups excluding carboxylic acids is 1. The molecule has 0 aromatic heterocycles. The molecular weight excluding hydrogens is 400 g/mol. The minimum absolute atomic E-state index is 0. The molecule has 0 saturated carbocycles. The van der Waals surface area contributed by atoms with Crippen LogP contribution >= 0.6 is 12.4 Å². The second-order valence-electron chi connectivity index (χ2n) is 7.94. The number of hydrogen-bond acceptors (Lipinski definition) is 5. The first-order valence-electron chi connectivity index (χ1n) is 9.74. The van der Waals surface area contributed by atoms with E-state index in [2.05, 4.69) is 5.32 Å². The zero-order valence-electron chi connectivity index (χ0n) is 16.6. The van der Waals surface area contributed by atoms with Crippen molar-refractivity contribution in [1.29, 1.82) is 0 Å². The van der Waals surface area contributed by atoms with Gasteiger partial charge in [-0.15, -0.1) is 12.4 Å². The van der Waals surface area contributed by atoms with E-state index in [1.807, 2.05) is 7.05 Å². The Morgan fingerprint density at radius 2 is 1.79 bits per heavy atom. The van der Waals surface area contributed by atoms with E-state index < -0.39 is 9.84 Å². The van der Waals surface area contributed by atoms with Gasteiger partial charge in [-0.25, -0.2) is 8.42 Å². The van der Waals surface area contributed by atoms with Crippen LogP contribution in [0.2, 0.25) is 0 Å². The molecular formula is C20H31ClN2O4S. The van der Waals surface area contributed by atoms with Crippen molar-refractivity contribution in [2.75, 3.05) is 26.5 Å². The van der Waals surface area contributed by atoms with Gasteiger partial charge in [-0.3, -0.25) is 4.79 Å². The summed E-state index contributed by atoms with van der Waals surface area (Å²) in [7, 11) is -1.32. The molecule has 6 nitrogen and oxygen atoms in total. The maximum Gasteiger partial charge on any atom is 0.222 e. The molecule has 2 bridgehead atoms. The number of fused-ring (bicyclic) bond motifs is 2. The van der Waals surface area contributed by atoms with Crippen LogP contribution in [-0.2, 0) is 14.6 Å². The largest absolute Gasteiger partial charge is 0.494 e. The zero-order chi connectivity index (χ0) is 19.4. The van der Waals surface area contributed by atoms with Crippen LogP contribution in [0, 0.1) is 5.92 Å². The number of nitrogens with one attached hydrogen (secondary N) is 1. The molecule has 2 aliphatic heterocycles. The van der Waals surface area contributed by atoms with Gasteiger partial charge in [0.1, 0.15) is 5.75 Å². The molecule has 0 aliphatic carbocycles. The zero-order valence-corrected chi connectivity index (χ0v) is 18.2. The molecule has 1 aromatic rings. The van der Waals surface area contributed by atoms with Crippen LogP contribution in [-0.4, -0.2) is 57.8 Å². The van der Waals surface area contributed by atoms with Crippen molar-refractivity contribution in [3.8, 4) is 5.75 Å². The van der Waals surface area contributed by atoms with E-state index in [1.54, 1.807) is 29.2 Å². The molecule has 1 amide bonds. The molecule has 28 heavy (non-hydrogen) atoms. The van der Waals surface area contributed by atoms with E-state index in [0.29, 0.717) is 43.3 Å². The Bertz CT molecular complexity index is 742. The first-order valence-corrected chi connectivity index (χ1v) is 11.6. The van der Waals surface area contributed by atoms with E-state index in [4.69, 9.17) is 4.74 Å². The number of piperidine rings is 1. The number of ether oxygens (including phenoxy) is 1. The monoisotopic (exact) mass is 430 g/mol. The lowest BCUT2D eigenvalue weighted by Gasteiger charge is -2.30. The van der Waals surface area contributed by atoms with E-state index in [9.17, 15) is 13.2 Å². The summed E-state index contributed by atoms with van der Waals surface area (Å²) in [5, 5.41) is 3.62. The van der Waals surface area contributed by atoms with Crippen LogP contribution in [0.3, 0.4) is 0 Å². The minimum Gasteiger partial charge on any atom is -0.494 e. The third-order valence-corrected chi connectivity index (χ3v) is 6.75. The standard InChI is InChI=1S/C20H30N2O4S.ClH/c1-22(20(23)14-15-12-16-4-5-17(13-15)21-16)10-3-11-26-18-6-8-19(9-7-18)27(2,24)25;/h6-9,15-17,21H,3-5,10-14H2,1-2H3;1H. The van der Waals surface area contributed by atoms with Gasteiger partial charge in [0.05, 0.1) is 11.5 Å². The maximum atomic E-state index is 12.4. The Morgan fingerprint density at radius 3 is 2.36 bits per heavy atom. The molecule has 3 rings (SSSR count). The van der Waals surface area contributed by atoms with E-state index in [-0.39, 0.29) is 23.2 Å². The SMILES string of the molecule is CN(CCCOc1ccc(S(C)(=O)=O)cc1)C(=O)CC1CC2CCC(C1)N2.Cl. The van der Waals surface area contributed by atoms with Gasteiger partial charge in [0.25, 0.3) is 0 Å². The number of carbonyl (C=O) groups is 1. The summed E-state index contributed by atoms with van der Waals surface area (Å²) in [5.74, 6) is 1.38. The van der Waals surface area contributed by atoms with E-state index in [0.717, 1.165) is 19.3 Å². The smallest absolute Gasteiger partial charge is 0.222 e. The molecule has 0 spiro atoms. The normalized spacial score (nSPS) is 23.7. The predicted octanol–water partition coefficient (Wildman–Crippen LogP) is 2.66. The van der Waals surface area contributed by atoms with Crippen molar-refractivity contribution in [2.24, 2.45) is 5.92 Å². The molecule has 2 unspecified atom stereocenters. The quantitative estimate of drug-likeness (QED) is 0.641. The average molecular weight is 431 g/mol. The molecule has 2 atom stereocenters. The van der Waals surface area contributed by atoms with E-state index in [1.165, 1.54) is 19.1 Å². The average Bonchev–Trinajstić information content (AvgIpc) is 2.96. The Kier molecular flexibility index (Phi) is 8.16. The summed E-state index contributed by atoms with van der Waals surface area (Å²) in [4.78, 5) is 14.5. The van der Waals surface area contributed by atoms with Crippen molar-refractivity contribution in [3.63, 3.8) is 0 Å². The molecule has 2 saturated heterocycles. The van der Waals surface area contributed by atoms with Crippen LogP contribution < -0.4 is 10.1 Å². The number of amides is 1. The van der Waals surface area contributed by atoms with Gasteiger partial charge < -0.3 is 15.0 Å². The summed E-state index contributed by atoms with van der Waals surface area (Å²) in [5.41, 5.74) is 0. The lowest BCUT2D eigenvalue weighted by molar-refractivity contribution is -0.131. The number of hydrogen-bond donors (Lipinski definition) is 1. The molecule has 2 heterocycles. The Morgan fingerprint density at radius 1 is 1.18 bits per heavy atom. The second kappa shape index (κ2) is 9.94. The molecule has 0 radical (unpaired) electrons. The first-order chi connectivity index (χ1) is 12.8. The van der Waals surface area contributed by atoms with Crippen LogP contribution in [0.5, 0.6) is 5.75 Å². The highest BCUT2D eigenvalue weighted by molar-refractivity contribution is 7.90. The van der Waals surface area contributed by atoms with Crippen molar-refractivity contribution in [1.82, 2.24) is 10.2 Å². The summed E-state index contributed by atoms with van der Waals surface area (Å²) in [6.07, 6.45) is 7.35. The Labute approximate surface area is 174 Å². The summed E-state index contributed by atoms with van der Waals surface area (Å²) >= 11 is 0. The lowest BCUT2D eigenvalue weighted by Crippen LogP contribution is -2.40. The molecule has 2 fully saturated rings. The Hall–Kier alpha value is -1.31. The highest BCUT2D eigenvalue weighted by Gasteiger charge is 2.34. The number of rotatable bonds is 8. The molecule has 2 aliphatic rings. The summed E-state index contributed by atoms with van der Waals surface area (Å²) in [6, 6.07) is 7.66. The third kappa shape index (κ3) is 6.36. The Balaban J connectivity index is 0.00000280. The number of benzene rings is 1. The fourth-order valence-electron chi connectivity index (χ4n) is 4.14. The minimum atomic E-state index is -3.18. The van der Waals surface area contributed by atoms with Gasteiger partial charge >= 0.3 is 0 Å². The highest BCUT2D eigenvalue weighted by atomic mass is 35.5. The number of nitrogens with zero attached hydrogens (tertiary/aromatic N) is 1. The van der Waals surface area contributed by atoms with Gasteiger partial charge in [0.2, 0.25) is 5.91 Å². The molecule has 158 valence electrons. The first kappa shape index (κ1) is 23.0. The third-order valence-electron chi connectivity index (χ3n) is 5.62. The van der Waals surface area contributed by atoms with Gasteiger partial charge in [-0.05, 0) is 62.3 Å². The van der Waals surface area contributed by atoms with Gasteiger partial charge in [0, 0.05) is 38.4 Å². The maximum absolute atomic E-state index is 12.4. The molecule has 8 heteroatoms. The van der Waals surface area contributed by atoms with Crippen molar-refractivity contribution >= 4 is 28.2 Å². The van der Waals surface area contributed by atoms with Gasteiger partial charge in [-0.1, -0.05) is 0 Å². The van der Waals surface area contributed by atoms with Gasteiger partial charge in [0.15, 0.2) is 9.84 Å². The lowest BCUT2D eigenvalue weighted by atomic mass is 9.89. The van der Waals surface area contributed by atoms with Crippen LogP contribution in [0.4, 0.5) is 0 Å². The molecule has 1 N–H and O–H groups in total. The number of sulfone groups is 1. The summed E-state index contributed by atoms with van der Waals surface area (Å²) < 4.78 is 28.5. The second-order valence-corrected chi connectivity index (χ2v) is 9.96. The fraction of sp³-hybridized carbons (Fsp3) is 0.650. The summed E-state index contributed by atoms with van der Waals surface area (Å²) in [6.45, 7) is 1.16. The highest BCUT2D eigenvalue weighted by Crippen LogP contribution is 2.32. The van der Waals surface area contributed by atoms with Crippen LogP contribution in [0.15, 0.2) is 29.2 Å². The predicted molar refractivity (Wildman–Crippen MR) is 112 cm³/mol.